The van der Waals surface area contributed by atoms with Crippen LogP contribution in [0.3, 0.4) is 0 Å². The fraction of sp³-hybridized carbons (Fsp3) is 0.944. The molecule has 1 saturated carbocycles. The average molecular weight is 567 g/mol. The summed E-state index contributed by atoms with van der Waals surface area (Å²) in [6, 6.07) is 0.794. The van der Waals surface area contributed by atoms with Gasteiger partial charge in [0, 0.05) is 45.3 Å². The van der Waals surface area contributed by atoms with Crippen molar-refractivity contribution < 1.29 is 21.6 Å². The molecule has 0 aromatic heterocycles. The molecule has 0 bridgehead atoms. The number of nitrogens with one attached hydrogen (secondary N) is 2. The van der Waals surface area contributed by atoms with Gasteiger partial charge in [-0.1, -0.05) is 0 Å². The molecule has 2 N–H and O–H groups in total. The van der Waals surface area contributed by atoms with Gasteiger partial charge in [-0.05, 0) is 57.4 Å². The zero-order valence-electron chi connectivity index (χ0n) is 17.3. The van der Waals surface area contributed by atoms with Gasteiger partial charge in [0.15, 0.2) is 5.96 Å². The molecule has 3 rings (SSSR count). The molecule has 0 aromatic carbocycles. The lowest BCUT2D eigenvalue weighted by atomic mass is 9.98. The number of piperidine rings is 1. The first-order valence-electron chi connectivity index (χ1n) is 10.5. The monoisotopic (exact) mass is 567 g/mol. The van der Waals surface area contributed by atoms with Crippen molar-refractivity contribution in [1.29, 1.82) is 0 Å². The van der Waals surface area contributed by atoms with Crippen LogP contribution in [-0.4, -0.2) is 80.9 Å². The first-order valence-corrected chi connectivity index (χ1v) is 12.0. The Labute approximate surface area is 194 Å². The Morgan fingerprint density at radius 1 is 1.03 bits per heavy atom. The molecule has 2 heterocycles. The fourth-order valence-electron chi connectivity index (χ4n) is 4.09. The highest BCUT2D eigenvalue weighted by Crippen LogP contribution is 2.32. The van der Waals surface area contributed by atoms with E-state index in [0.29, 0.717) is 29.6 Å². The van der Waals surface area contributed by atoms with Crippen LogP contribution < -0.4 is 10.6 Å². The molecule has 0 amide bonds. The number of rotatable bonds is 7. The molecule has 1 unspecified atom stereocenters. The van der Waals surface area contributed by atoms with E-state index in [9.17, 15) is 21.6 Å². The second kappa shape index (κ2) is 11.0. The summed E-state index contributed by atoms with van der Waals surface area (Å²) in [6.07, 6.45) is 4.62. The van der Waals surface area contributed by atoms with Gasteiger partial charge in [-0.25, -0.2) is 8.42 Å². The molecular weight excluding hydrogens is 534 g/mol. The number of guanidine groups is 1. The van der Waals surface area contributed by atoms with Crippen LogP contribution in [0.4, 0.5) is 13.2 Å². The predicted molar refractivity (Wildman–Crippen MR) is 121 cm³/mol. The third-order valence-electron chi connectivity index (χ3n) is 6.00. The molecule has 3 aliphatic rings. The van der Waals surface area contributed by atoms with Crippen molar-refractivity contribution >= 4 is 40.0 Å². The van der Waals surface area contributed by atoms with Gasteiger partial charge in [0.1, 0.15) is 0 Å². The third kappa shape index (κ3) is 6.83. The maximum Gasteiger partial charge on any atom is 0.511 e. The second-order valence-electron chi connectivity index (χ2n) is 8.27. The van der Waals surface area contributed by atoms with Crippen molar-refractivity contribution in [2.24, 2.45) is 16.8 Å². The summed E-state index contributed by atoms with van der Waals surface area (Å²) >= 11 is 0. The Balaban J connectivity index is 0.00000320. The molecule has 0 aromatic rings. The van der Waals surface area contributed by atoms with Gasteiger partial charge in [-0.2, -0.15) is 17.5 Å². The van der Waals surface area contributed by atoms with E-state index in [4.69, 9.17) is 4.99 Å². The predicted octanol–water partition coefficient (Wildman–Crippen LogP) is 2.21. The SMILES string of the molecule is CCNC(=NCC1CCN(C2CC2)C1)NCC1CCN(S(=O)(=O)C(F)(F)F)CC1.I. The largest absolute Gasteiger partial charge is 0.511 e. The number of aliphatic imine (C=N–C) groups is 1. The van der Waals surface area contributed by atoms with Gasteiger partial charge < -0.3 is 15.5 Å². The van der Waals surface area contributed by atoms with E-state index in [1.54, 1.807) is 0 Å². The fourth-order valence-corrected chi connectivity index (χ4v) is 5.07. The summed E-state index contributed by atoms with van der Waals surface area (Å²) < 4.78 is 61.6. The highest BCUT2D eigenvalue weighted by atomic mass is 127. The Hall–Kier alpha value is -0.340. The summed E-state index contributed by atoms with van der Waals surface area (Å²) in [5, 5.41) is 6.50. The van der Waals surface area contributed by atoms with Crippen LogP contribution in [0.15, 0.2) is 4.99 Å². The summed E-state index contributed by atoms with van der Waals surface area (Å²) in [7, 11) is -5.21. The number of halogens is 4. The molecule has 12 heteroatoms. The standard InChI is InChI=1S/C18H32F3N5O2S.HI/c1-2-22-17(24-12-15-5-8-25(13-15)16-3-4-16)23-11-14-6-9-26(10-7-14)29(27,28)18(19,20)21;/h14-16H,2-13H2,1H3,(H2,22,23,24);1H. The van der Waals surface area contributed by atoms with Crippen LogP contribution >= 0.6 is 24.0 Å². The Bertz CT molecular complexity index is 680. The van der Waals surface area contributed by atoms with Crippen LogP contribution in [0.5, 0.6) is 0 Å². The molecule has 30 heavy (non-hydrogen) atoms. The molecule has 2 aliphatic heterocycles. The van der Waals surface area contributed by atoms with Crippen LogP contribution in [0.25, 0.3) is 0 Å². The van der Waals surface area contributed by atoms with Crippen molar-refractivity contribution in [3.8, 4) is 0 Å². The minimum atomic E-state index is -5.22. The second-order valence-corrected chi connectivity index (χ2v) is 10.2. The van der Waals surface area contributed by atoms with Gasteiger partial charge in [0.25, 0.3) is 0 Å². The normalized spacial score (nSPS) is 25.2. The highest BCUT2D eigenvalue weighted by molar-refractivity contribution is 14.0. The molecule has 7 nitrogen and oxygen atoms in total. The first kappa shape index (κ1) is 25.9. The third-order valence-corrected chi connectivity index (χ3v) is 7.63. The summed E-state index contributed by atoms with van der Waals surface area (Å²) in [6.45, 7) is 6.14. The lowest BCUT2D eigenvalue weighted by Gasteiger charge is -2.31. The molecule has 2 saturated heterocycles. The van der Waals surface area contributed by atoms with Gasteiger partial charge >= 0.3 is 15.5 Å². The van der Waals surface area contributed by atoms with Crippen molar-refractivity contribution in [3.63, 3.8) is 0 Å². The van der Waals surface area contributed by atoms with Gasteiger partial charge in [-0.3, -0.25) is 4.99 Å². The highest BCUT2D eigenvalue weighted by Gasteiger charge is 2.50. The molecular formula is C18H33F3IN5O2S. The Kier molecular flexibility index (Phi) is 9.50. The van der Waals surface area contributed by atoms with Crippen LogP contribution in [0, 0.1) is 11.8 Å². The maximum atomic E-state index is 12.7. The van der Waals surface area contributed by atoms with Crippen LogP contribution in [-0.2, 0) is 10.0 Å². The van der Waals surface area contributed by atoms with E-state index in [2.05, 4.69) is 15.5 Å². The van der Waals surface area contributed by atoms with Gasteiger partial charge in [0.05, 0.1) is 0 Å². The van der Waals surface area contributed by atoms with Crippen LogP contribution in [0.2, 0.25) is 0 Å². The summed E-state index contributed by atoms with van der Waals surface area (Å²) in [4.78, 5) is 7.25. The lowest BCUT2D eigenvalue weighted by molar-refractivity contribution is -0.0496. The maximum absolute atomic E-state index is 12.7. The number of alkyl halides is 3. The molecule has 176 valence electrons. The first-order chi connectivity index (χ1) is 13.7. The van der Waals surface area contributed by atoms with E-state index in [-0.39, 0.29) is 43.0 Å². The van der Waals surface area contributed by atoms with E-state index in [0.717, 1.165) is 38.2 Å². The van der Waals surface area contributed by atoms with E-state index in [1.165, 1.54) is 19.3 Å². The zero-order chi connectivity index (χ0) is 21.1. The van der Waals surface area contributed by atoms with E-state index in [1.807, 2.05) is 6.92 Å². The summed E-state index contributed by atoms with van der Waals surface area (Å²) in [5.41, 5.74) is -5.22. The summed E-state index contributed by atoms with van der Waals surface area (Å²) in [5.74, 6) is 1.42. The van der Waals surface area contributed by atoms with E-state index < -0.39 is 15.5 Å². The molecule has 3 fully saturated rings. The number of likely N-dealkylation sites (tertiary alicyclic amines) is 1. The van der Waals surface area contributed by atoms with Crippen molar-refractivity contribution in [2.45, 2.75) is 50.6 Å². The Morgan fingerprint density at radius 2 is 1.67 bits per heavy atom. The molecule has 1 atom stereocenters. The minimum Gasteiger partial charge on any atom is -0.357 e. The minimum absolute atomic E-state index is 0. The number of sulfonamides is 1. The average Bonchev–Trinajstić information content (AvgIpc) is 3.42. The number of hydrogen-bond donors (Lipinski definition) is 2. The van der Waals surface area contributed by atoms with Crippen molar-refractivity contribution in [2.75, 3.05) is 45.8 Å². The van der Waals surface area contributed by atoms with E-state index >= 15 is 0 Å². The quantitative estimate of drug-likeness (QED) is 0.281. The van der Waals surface area contributed by atoms with Gasteiger partial charge in [-0.15, -0.1) is 24.0 Å². The van der Waals surface area contributed by atoms with Crippen LogP contribution in [0.1, 0.15) is 39.0 Å². The van der Waals surface area contributed by atoms with Crippen molar-refractivity contribution in [3.05, 3.63) is 0 Å². The zero-order valence-corrected chi connectivity index (χ0v) is 20.5. The Morgan fingerprint density at radius 3 is 2.23 bits per heavy atom. The number of hydrogen-bond acceptors (Lipinski definition) is 4. The lowest BCUT2D eigenvalue weighted by Crippen LogP contribution is -2.47. The smallest absolute Gasteiger partial charge is 0.357 e. The molecule has 1 aliphatic carbocycles. The molecule has 0 radical (unpaired) electrons. The topological polar surface area (TPSA) is 77.0 Å². The van der Waals surface area contributed by atoms with Gasteiger partial charge in [0.2, 0.25) is 0 Å². The van der Waals surface area contributed by atoms with Crippen molar-refractivity contribution in [1.82, 2.24) is 19.8 Å². The molecule has 0 spiro atoms. The number of nitrogens with zero attached hydrogens (tertiary/aromatic N) is 3.